The molecule has 0 aliphatic carbocycles. The standard InChI is InChI=1S/C24H32BrF2N3O3/c1-14-11-15-12-16(25)13-17(30-9-7-24(26,27)8-10-30)19(15)29-18(14)20(22(2,3)4)23(5,6)33-32-21(28)31/h11-13,20H,7-10H2,1-6H3,(H2,28,31). The van der Waals surface area contributed by atoms with Gasteiger partial charge in [0, 0.05) is 41.7 Å². The summed E-state index contributed by atoms with van der Waals surface area (Å²) >= 11 is 3.56. The van der Waals surface area contributed by atoms with Crippen LogP contribution in [0.25, 0.3) is 10.9 Å². The fraction of sp³-hybridized carbons (Fsp3) is 0.583. The molecule has 0 radical (unpaired) electrons. The Morgan fingerprint density at radius 1 is 1.18 bits per heavy atom. The van der Waals surface area contributed by atoms with Crippen molar-refractivity contribution >= 4 is 38.6 Å². The van der Waals surface area contributed by atoms with Gasteiger partial charge >= 0.3 is 6.09 Å². The first kappa shape index (κ1) is 25.6. The number of carbonyl (C=O) groups is 1. The number of alkyl halides is 2. The Balaban J connectivity index is 2.15. The fourth-order valence-electron chi connectivity index (χ4n) is 4.94. The molecule has 1 atom stereocenters. The molecule has 2 N–H and O–H groups in total. The lowest BCUT2D eigenvalue weighted by atomic mass is 9.69. The molecule has 1 saturated heterocycles. The van der Waals surface area contributed by atoms with E-state index in [1.807, 2.05) is 43.9 Å². The SMILES string of the molecule is Cc1cc2cc(Br)cc(N3CCC(F)(F)CC3)c2nc1C(C(C)(C)C)C(C)(C)OOC(N)=O. The van der Waals surface area contributed by atoms with Gasteiger partial charge in [0.1, 0.15) is 5.60 Å². The maximum absolute atomic E-state index is 13.8. The lowest BCUT2D eigenvalue weighted by Crippen LogP contribution is -2.42. The number of fused-ring (bicyclic) bond motifs is 1. The number of anilines is 1. The highest BCUT2D eigenvalue weighted by atomic mass is 79.9. The van der Waals surface area contributed by atoms with Crippen LogP contribution in [-0.2, 0) is 9.78 Å². The summed E-state index contributed by atoms with van der Waals surface area (Å²) < 4.78 is 28.4. The molecule has 0 saturated carbocycles. The second-order valence-corrected chi connectivity index (χ2v) is 11.3. The highest BCUT2D eigenvalue weighted by Gasteiger charge is 2.44. The Bertz CT molecular complexity index is 1040. The molecule has 1 aliphatic rings. The molecule has 2 aromatic rings. The van der Waals surface area contributed by atoms with Crippen LogP contribution in [0.2, 0.25) is 0 Å². The molecule has 1 amide bonds. The van der Waals surface area contributed by atoms with Crippen LogP contribution in [0.3, 0.4) is 0 Å². The van der Waals surface area contributed by atoms with Gasteiger partial charge in [-0.1, -0.05) is 36.7 Å². The van der Waals surface area contributed by atoms with E-state index in [0.717, 1.165) is 32.3 Å². The van der Waals surface area contributed by atoms with Crippen LogP contribution in [0.1, 0.15) is 64.6 Å². The van der Waals surface area contributed by atoms with Crippen molar-refractivity contribution in [1.29, 1.82) is 0 Å². The molecule has 1 unspecified atom stereocenters. The fourth-order valence-corrected chi connectivity index (χ4v) is 5.40. The molecule has 182 valence electrons. The normalized spacial score (nSPS) is 17.8. The minimum absolute atomic E-state index is 0.185. The number of primary amides is 1. The van der Waals surface area contributed by atoms with Gasteiger partial charge in [-0.2, -0.15) is 4.89 Å². The van der Waals surface area contributed by atoms with Crippen LogP contribution in [-0.4, -0.2) is 35.7 Å². The van der Waals surface area contributed by atoms with Crippen molar-refractivity contribution in [2.45, 2.75) is 71.8 Å². The zero-order chi connectivity index (χ0) is 24.8. The van der Waals surface area contributed by atoms with Crippen molar-refractivity contribution < 1.29 is 23.4 Å². The number of benzene rings is 1. The van der Waals surface area contributed by atoms with E-state index in [0.29, 0.717) is 0 Å². The molecule has 1 aliphatic heterocycles. The number of halogens is 3. The van der Waals surface area contributed by atoms with Gasteiger partial charge in [-0.25, -0.2) is 18.6 Å². The summed E-state index contributed by atoms with van der Waals surface area (Å²) in [7, 11) is 0. The second-order valence-electron chi connectivity index (χ2n) is 10.4. The minimum Gasteiger partial charge on any atom is -0.369 e. The first-order chi connectivity index (χ1) is 15.1. The largest absolute Gasteiger partial charge is 0.436 e. The zero-order valence-corrected chi connectivity index (χ0v) is 21.6. The van der Waals surface area contributed by atoms with E-state index in [4.69, 9.17) is 20.5 Å². The third-order valence-electron chi connectivity index (χ3n) is 6.10. The molecule has 9 heteroatoms. The van der Waals surface area contributed by atoms with E-state index in [-0.39, 0.29) is 37.3 Å². The van der Waals surface area contributed by atoms with Crippen LogP contribution in [0.15, 0.2) is 22.7 Å². The van der Waals surface area contributed by atoms with Crippen LogP contribution in [0, 0.1) is 12.3 Å². The van der Waals surface area contributed by atoms with Gasteiger partial charge in [0.15, 0.2) is 0 Å². The van der Waals surface area contributed by atoms with Crippen molar-refractivity contribution in [3.63, 3.8) is 0 Å². The molecule has 6 nitrogen and oxygen atoms in total. The summed E-state index contributed by atoms with van der Waals surface area (Å²) in [5, 5.41) is 0.915. The average molecular weight is 528 g/mol. The Morgan fingerprint density at radius 3 is 2.33 bits per heavy atom. The summed E-state index contributed by atoms with van der Waals surface area (Å²) in [5.74, 6) is -2.91. The minimum atomic E-state index is -2.63. The zero-order valence-electron chi connectivity index (χ0n) is 20.0. The molecule has 1 aromatic heterocycles. The number of nitrogens with two attached hydrogens (primary N) is 1. The lowest BCUT2D eigenvalue weighted by molar-refractivity contribution is -0.316. The van der Waals surface area contributed by atoms with Gasteiger partial charge in [0.25, 0.3) is 5.92 Å². The average Bonchev–Trinajstić information content (AvgIpc) is 2.65. The van der Waals surface area contributed by atoms with Crippen LogP contribution >= 0.6 is 15.9 Å². The van der Waals surface area contributed by atoms with E-state index in [2.05, 4.69) is 36.7 Å². The summed E-state index contributed by atoms with van der Waals surface area (Å²) in [6.45, 7) is 12.3. The highest BCUT2D eigenvalue weighted by molar-refractivity contribution is 9.10. The molecule has 33 heavy (non-hydrogen) atoms. The number of amides is 1. The van der Waals surface area contributed by atoms with Crippen molar-refractivity contribution in [3.05, 3.63) is 33.9 Å². The summed E-state index contributed by atoms with van der Waals surface area (Å²) in [5.41, 5.74) is 7.16. The summed E-state index contributed by atoms with van der Waals surface area (Å²) in [6, 6.07) is 5.96. The van der Waals surface area contributed by atoms with Crippen molar-refractivity contribution in [2.75, 3.05) is 18.0 Å². The van der Waals surface area contributed by atoms with Gasteiger partial charge in [0.2, 0.25) is 0 Å². The molecular formula is C24H32BrF2N3O3. The number of rotatable bonds is 5. The number of aryl methyl sites for hydroxylation is 1. The third-order valence-corrected chi connectivity index (χ3v) is 6.56. The van der Waals surface area contributed by atoms with E-state index < -0.39 is 17.6 Å². The van der Waals surface area contributed by atoms with Crippen LogP contribution in [0.5, 0.6) is 0 Å². The predicted molar refractivity (Wildman–Crippen MR) is 129 cm³/mol. The topological polar surface area (TPSA) is 77.7 Å². The number of hydrogen-bond donors (Lipinski definition) is 1. The van der Waals surface area contributed by atoms with Crippen LogP contribution < -0.4 is 10.6 Å². The van der Waals surface area contributed by atoms with Gasteiger partial charge in [0.05, 0.1) is 16.9 Å². The van der Waals surface area contributed by atoms with Gasteiger partial charge in [-0.15, -0.1) is 0 Å². The predicted octanol–water partition coefficient (Wildman–Crippen LogP) is 6.48. The number of piperidine rings is 1. The summed E-state index contributed by atoms with van der Waals surface area (Å²) in [6.07, 6.45) is -1.39. The Morgan fingerprint density at radius 2 is 1.79 bits per heavy atom. The molecule has 1 fully saturated rings. The van der Waals surface area contributed by atoms with Gasteiger partial charge < -0.3 is 10.6 Å². The smallest absolute Gasteiger partial charge is 0.369 e. The molecule has 1 aromatic carbocycles. The highest BCUT2D eigenvalue weighted by Crippen LogP contribution is 2.46. The van der Waals surface area contributed by atoms with E-state index in [1.54, 1.807) is 0 Å². The quantitative estimate of drug-likeness (QED) is 0.355. The van der Waals surface area contributed by atoms with Crippen LogP contribution in [0.4, 0.5) is 19.3 Å². The maximum Gasteiger partial charge on any atom is 0.436 e. The molecular weight excluding hydrogens is 496 g/mol. The van der Waals surface area contributed by atoms with E-state index in [1.165, 1.54) is 0 Å². The molecule has 0 spiro atoms. The number of nitrogens with zero attached hydrogens (tertiary/aromatic N) is 2. The number of pyridine rings is 1. The first-order valence-electron chi connectivity index (χ1n) is 11.0. The van der Waals surface area contributed by atoms with Gasteiger partial charge in [-0.05, 0) is 49.9 Å². The number of carbonyl (C=O) groups excluding carboxylic acids is 1. The lowest BCUT2D eigenvalue weighted by Gasteiger charge is -2.41. The van der Waals surface area contributed by atoms with Crippen molar-refractivity contribution in [1.82, 2.24) is 4.98 Å². The molecule has 0 bridgehead atoms. The first-order valence-corrected chi connectivity index (χ1v) is 11.8. The van der Waals surface area contributed by atoms with Crippen molar-refractivity contribution in [2.24, 2.45) is 11.1 Å². The Labute approximate surface area is 201 Å². The van der Waals surface area contributed by atoms with Gasteiger partial charge in [-0.3, -0.25) is 4.89 Å². The number of aromatic nitrogens is 1. The van der Waals surface area contributed by atoms with E-state index in [9.17, 15) is 13.6 Å². The second kappa shape index (κ2) is 8.98. The molecule has 3 rings (SSSR count). The van der Waals surface area contributed by atoms with Crippen molar-refractivity contribution in [3.8, 4) is 0 Å². The Hall–Kier alpha value is -2.00. The van der Waals surface area contributed by atoms with E-state index >= 15 is 0 Å². The summed E-state index contributed by atoms with van der Waals surface area (Å²) in [4.78, 5) is 28.4. The third kappa shape index (κ3) is 5.74. The maximum atomic E-state index is 13.8. The molecule has 2 heterocycles. The Kier molecular flexibility index (Phi) is 6.97. The monoisotopic (exact) mass is 527 g/mol. The number of hydrogen-bond acceptors (Lipinski definition) is 5.